The number of carbonyl (C=O) groups is 1. The van der Waals surface area contributed by atoms with Crippen molar-refractivity contribution in [1.29, 1.82) is 0 Å². The zero-order valence-electron chi connectivity index (χ0n) is 12.6. The van der Waals surface area contributed by atoms with Gasteiger partial charge in [0.2, 0.25) is 0 Å². The number of rotatable bonds is 5. The maximum absolute atomic E-state index is 12.6. The third kappa shape index (κ3) is 2.99. The van der Waals surface area contributed by atoms with Crippen LogP contribution < -0.4 is 0 Å². The van der Waals surface area contributed by atoms with Gasteiger partial charge in [0, 0.05) is 30.1 Å². The molecule has 20 heavy (non-hydrogen) atoms. The lowest BCUT2D eigenvalue weighted by Gasteiger charge is -2.30. The lowest BCUT2D eigenvalue weighted by molar-refractivity contribution is 0.0679. The molecular formula is C15H22N4O. The molecule has 2 rings (SSSR count). The smallest absolute Gasteiger partial charge is 0.254 e. The monoisotopic (exact) mass is 274 g/mol. The Labute approximate surface area is 119 Å². The highest BCUT2D eigenvalue weighted by Gasteiger charge is 2.20. The second kappa shape index (κ2) is 6.05. The first-order valence-corrected chi connectivity index (χ1v) is 6.91. The van der Waals surface area contributed by atoms with Crippen LogP contribution in [-0.2, 0) is 0 Å². The van der Waals surface area contributed by atoms with Crippen LogP contribution in [-0.4, -0.2) is 59.1 Å². The third-order valence-corrected chi connectivity index (χ3v) is 3.45. The number of aromatic amines is 1. The highest BCUT2D eigenvalue weighted by Crippen LogP contribution is 2.15. The van der Waals surface area contributed by atoms with Crippen molar-refractivity contribution >= 4 is 16.8 Å². The first-order valence-electron chi connectivity index (χ1n) is 6.91. The number of H-pyrrole nitrogens is 1. The molecule has 0 bridgehead atoms. The summed E-state index contributed by atoms with van der Waals surface area (Å²) in [6.45, 7) is 5.65. The van der Waals surface area contributed by atoms with Crippen molar-refractivity contribution < 1.29 is 4.79 Å². The summed E-state index contributed by atoms with van der Waals surface area (Å²) in [5.74, 6) is 0.0679. The number of fused-ring (bicyclic) bond motifs is 1. The van der Waals surface area contributed by atoms with Crippen molar-refractivity contribution in [2.45, 2.75) is 19.9 Å². The molecular weight excluding hydrogens is 252 g/mol. The predicted octanol–water partition coefficient (Wildman–Crippen LogP) is 1.98. The van der Waals surface area contributed by atoms with E-state index in [0.717, 1.165) is 17.4 Å². The quantitative estimate of drug-likeness (QED) is 0.907. The van der Waals surface area contributed by atoms with E-state index in [-0.39, 0.29) is 11.9 Å². The van der Waals surface area contributed by atoms with Gasteiger partial charge in [0.05, 0.1) is 11.7 Å². The Balaban J connectivity index is 2.22. The van der Waals surface area contributed by atoms with Crippen LogP contribution in [0.4, 0.5) is 0 Å². The standard InChI is InChI=1S/C15H22N4O/c1-5-19(11(2)10-18(3)4)15(20)12-6-7-13-9-16-17-14(13)8-12/h6-9,11H,5,10H2,1-4H3,(H,16,17). The molecule has 1 aromatic carbocycles. The van der Waals surface area contributed by atoms with E-state index >= 15 is 0 Å². The van der Waals surface area contributed by atoms with Crippen LogP contribution in [0.25, 0.3) is 10.9 Å². The van der Waals surface area contributed by atoms with Gasteiger partial charge in [0.1, 0.15) is 0 Å². The summed E-state index contributed by atoms with van der Waals surface area (Å²) in [5, 5.41) is 7.91. The Bertz CT molecular complexity index is 590. The Morgan fingerprint density at radius 2 is 2.15 bits per heavy atom. The zero-order valence-corrected chi connectivity index (χ0v) is 12.6. The van der Waals surface area contributed by atoms with Gasteiger partial charge in [0.25, 0.3) is 5.91 Å². The number of benzene rings is 1. The summed E-state index contributed by atoms with van der Waals surface area (Å²) in [4.78, 5) is 16.6. The van der Waals surface area contributed by atoms with Gasteiger partial charge in [-0.25, -0.2) is 0 Å². The molecule has 0 saturated heterocycles. The fraction of sp³-hybridized carbons (Fsp3) is 0.467. The minimum Gasteiger partial charge on any atom is -0.335 e. The molecule has 1 heterocycles. The van der Waals surface area contributed by atoms with Crippen molar-refractivity contribution in [3.8, 4) is 0 Å². The summed E-state index contributed by atoms with van der Waals surface area (Å²) in [6, 6.07) is 5.84. The van der Waals surface area contributed by atoms with E-state index in [1.807, 2.05) is 44.1 Å². The summed E-state index contributed by atoms with van der Waals surface area (Å²) in [5.41, 5.74) is 1.60. The van der Waals surface area contributed by atoms with Crippen molar-refractivity contribution in [2.24, 2.45) is 0 Å². The molecule has 1 atom stereocenters. The lowest BCUT2D eigenvalue weighted by atomic mass is 10.1. The molecule has 108 valence electrons. The molecule has 1 unspecified atom stereocenters. The normalized spacial score (nSPS) is 12.8. The Morgan fingerprint density at radius 1 is 1.40 bits per heavy atom. The lowest BCUT2D eigenvalue weighted by Crippen LogP contribution is -2.43. The fourth-order valence-corrected chi connectivity index (χ4v) is 2.52. The van der Waals surface area contributed by atoms with Crippen LogP contribution >= 0.6 is 0 Å². The average molecular weight is 274 g/mol. The zero-order chi connectivity index (χ0) is 14.7. The predicted molar refractivity (Wildman–Crippen MR) is 80.8 cm³/mol. The van der Waals surface area contributed by atoms with Gasteiger partial charge >= 0.3 is 0 Å². The van der Waals surface area contributed by atoms with E-state index in [0.29, 0.717) is 12.1 Å². The van der Waals surface area contributed by atoms with Crippen LogP contribution in [0, 0.1) is 0 Å². The molecule has 0 aliphatic rings. The van der Waals surface area contributed by atoms with Crippen LogP contribution in [0.1, 0.15) is 24.2 Å². The molecule has 0 fully saturated rings. The number of hydrogen-bond acceptors (Lipinski definition) is 3. The van der Waals surface area contributed by atoms with Gasteiger partial charge < -0.3 is 9.80 Å². The number of nitrogens with zero attached hydrogens (tertiary/aromatic N) is 3. The largest absolute Gasteiger partial charge is 0.335 e. The Morgan fingerprint density at radius 3 is 2.80 bits per heavy atom. The summed E-state index contributed by atoms with van der Waals surface area (Å²) < 4.78 is 0. The van der Waals surface area contributed by atoms with E-state index in [1.165, 1.54) is 0 Å². The first-order chi connectivity index (χ1) is 9.52. The molecule has 0 saturated carbocycles. The highest BCUT2D eigenvalue weighted by atomic mass is 16.2. The minimum absolute atomic E-state index is 0.0679. The molecule has 0 aliphatic carbocycles. The molecule has 5 nitrogen and oxygen atoms in total. The number of nitrogens with one attached hydrogen (secondary N) is 1. The molecule has 1 aromatic heterocycles. The van der Waals surface area contributed by atoms with E-state index in [2.05, 4.69) is 22.0 Å². The Kier molecular flexibility index (Phi) is 4.39. The number of likely N-dealkylation sites (N-methyl/N-ethyl adjacent to an activating group) is 2. The summed E-state index contributed by atoms with van der Waals surface area (Å²) >= 11 is 0. The molecule has 0 spiro atoms. The first kappa shape index (κ1) is 14.5. The third-order valence-electron chi connectivity index (χ3n) is 3.45. The summed E-state index contributed by atoms with van der Waals surface area (Å²) in [6.07, 6.45) is 1.76. The second-order valence-electron chi connectivity index (χ2n) is 5.37. The average Bonchev–Trinajstić information content (AvgIpc) is 2.85. The highest BCUT2D eigenvalue weighted by molar-refractivity contribution is 5.97. The van der Waals surface area contributed by atoms with Crippen molar-refractivity contribution in [3.05, 3.63) is 30.0 Å². The van der Waals surface area contributed by atoms with Gasteiger partial charge in [0.15, 0.2) is 0 Å². The second-order valence-corrected chi connectivity index (χ2v) is 5.37. The van der Waals surface area contributed by atoms with E-state index in [9.17, 15) is 4.79 Å². The molecule has 1 amide bonds. The van der Waals surface area contributed by atoms with Gasteiger partial charge in [-0.2, -0.15) is 5.10 Å². The van der Waals surface area contributed by atoms with Crippen molar-refractivity contribution in [2.75, 3.05) is 27.2 Å². The molecule has 0 radical (unpaired) electrons. The Hall–Kier alpha value is -1.88. The number of hydrogen-bond donors (Lipinski definition) is 1. The van der Waals surface area contributed by atoms with Gasteiger partial charge in [-0.15, -0.1) is 0 Å². The minimum atomic E-state index is 0.0679. The van der Waals surface area contributed by atoms with E-state index in [4.69, 9.17) is 0 Å². The maximum atomic E-state index is 12.6. The van der Waals surface area contributed by atoms with Gasteiger partial charge in [-0.05, 0) is 40.1 Å². The van der Waals surface area contributed by atoms with Gasteiger partial charge in [-0.3, -0.25) is 9.89 Å². The number of amides is 1. The molecule has 0 aliphatic heterocycles. The maximum Gasteiger partial charge on any atom is 0.254 e. The molecule has 2 aromatic rings. The molecule has 5 heteroatoms. The van der Waals surface area contributed by atoms with Crippen LogP contribution in [0.2, 0.25) is 0 Å². The topological polar surface area (TPSA) is 52.2 Å². The van der Waals surface area contributed by atoms with Crippen molar-refractivity contribution in [3.63, 3.8) is 0 Å². The van der Waals surface area contributed by atoms with Crippen LogP contribution in [0.15, 0.2) is 24.4 Å². The SMILES string of the molecule is CCN(C(=O)c1ccc2cn[nH]c2c1)C(C)CN(C)C. The van der Waals surface area contributed by atoms with Crippen LogP contribution in [0.5, 0.6) is 0 Å². The number of carbonyl (C=O) groups excluding carboxylic acids is 1. The fourth-order valence-electron chi connectivity index (χ4n) is 2.52. The van der Waals surface area contributed by atoms with E-state index in [1.54, 1.807) is 6.20 Å². The number of aromatic nitrogens is 2. The van der Waals surface area contributed by atoms with Crippen LogP contribution in [0.3, 0.4) is 0 Å². The van der Waals surface area contributed by atoms with E-state index < -0.39 is 0 Å². The molecule has 1 N–H and O–H groups in total. The van der Waals surface area contributed by atoms with Crippen molar-refractivity contribution in [1.82, 2.24) is 20.0 Å². The summed E-state index contributed by atoms with van der Waals surface area (Å²) in [7, 11) is 4.04. The van der Waals surface area contributed by atoms with Gasteiger partial charge in [-0.1, -0.05) is 6.07 Å².